The second-order valence-corrected chi connectivity index (χ2v) is 8.01. The molecule has 0 fully saturated rings. The average molecular weight is 399 g/mol. The number of carbonyl (C=O) groups is 2. The van der Waals surface area contributed by atoms with Gasteiger partial charge in [0, 0.05) is 6.54 Å². The average Bonchev–Trinajstić information content (AvgIpc) is 2.81. The van der Waals surface area contributed by atoms with Crippen molar-refractivity contribution in [3.63, 3.8) is 0 Å². The van der Waals surface area contributed by atoms with Crippen LogP contribution in [0.4, 0.5) is 5.69 Å². The first-order valence-corrected chi connectivity index (χ1v) is 9.60. The van der Waals surface area contributed by atoms with Crippen molar-refractivity contribution in [2.24, 2.45) is 0 Å². The summed E-state index contributed by atoms with van der Waals surface area (Å²) in [6, 6.07) is 10.7. The molecule has 6 nitrogen and oxygen atoms in total. The number of benzene rings is 2. The number of hydrogen-bond donors (Lipinski definition) is 1. The maximum Gasteiger partial charge on any atom is 0.261 e. The molecule has 1 aliphatic rings. The highest BCUT2D eigenvalue weighted by Gasteiger charge is 2.35. The van der Waals surface area contributed by atoms with Crippen LogP contribution in [-0.4, -0.2) is 37.4 Å². The van der Waals surface area contributed by atoms with E-state index in [0.29, 0.717) is 5.02 Å². The van der Waals surface area contributed by atoms with E-state index in [1.165, 1.54) is 30.3 Å². The molecule has 2 amide bonds. The van der Waals surface area contributed by atoms with E-state index in [1.807, 2.05) is 0 Å². The summed E-state index contributed by atoms with van der Waals surface area (Å²) in [6.45, 7) is -0.247. The Hall–Kier alpha value is -2.09. The molecule has 130 valence electrons. The van der Waals surface area contributed by atoms with Gasteiger partial charge in [-0.05, 0) is 30.3 Å². The van der Waals surface area contributed by atoms with Crippen LogP contribution in [0.2, 0.25) is 10.0 Å². The maximum absolute atomic E-state index is 12.2. The number of halogens is 2. The molecular weight excluding hydrogens is 387 g/mol. The lowest BCUT2D eigenvalue weighted by atomic mass is 10.1. The minimum atomic E-state index is -3.78. The molecule has 2 aromatic rings. The SMILES string of the molecule is O=C1c2ccccc2C(=O)N1CCS(=O)(=O)Nc1ccc(Cl)c(Cl)c1. The van der Waals surface area contributed by atoms with E-state index in [2.05, 4.69) is 4.72 Å². The first-order chi connectivity index (χ1) is 11.8. The van der Waals surface area contributed by atoms with Crippen molar-refractivity contribution < 1.29 is 18.0 Å². The predicted octanol–water partition coefficient (Wildman–Crippen LogP) is 3.03. The zero-order valence-electron chi connectivity index (χ0n) is 12.7. The van der Waals surface area contributed by atoms with Gasteiger partial charge in [-0.3, -0.25) is 19.2 Å². The molecule has 0 saturated heterocycles. The van der Waals surface area contributed by atoms with Crippen molar-refractivity contribution in [2.45, 2.75) is 0 Å². The molecule has 0 aliphatic carbocycles. The van der Waals surface area contributed by atoms with E-state index in [0.717, 1.165) is 4.90 Å². The number of rotatable bonds is 5. The van der Waals surface area contributed by atoms with Crippen LogP contribution in [0.25, 0.3) is 0 Å². The molecule has 0 atom stereocenters. The van der Waals surface area contributed by atoms with Crippen LogP contribution in [0, 0.1) is 0 Å². The summed E-state index contributed by atoms with van der Waals surface area (Å²) in [5.41, 5.74) is 0.807. The van der Waals surface area contributed by atoms with Gasteiger partial charge >= 0.3 is 0 Å². The van der Waals surface area contributed by atoms with E-state index in [-0.39, 0.29) is 28.4 Å². The molecule has 25 heavy (non-hydrogen) atoms. The van der Waals surface area contributed by atoms with Crippen molar-refractivity contribution in [2.75, 3.05) is 17.0 Å². The molecule has 0 spiro atoms. The van der Waals surface area contributed by atoms with Crippen molar-refractivity contribution in [3.05, 3.63) is 63.6 Å². The van der Waals surface area contributed by atoms with E-state index >= 15 is 0 Å². The molecule has 0 aromatic heterocycles. The van der Waals surface area contributed by atoms with Crippen molar-refractivity contribution in [1.82, 2.24) is 4.90 Å². The lowest BCUT2D eigenvalue weighted by molar-refractivity contribution is 0.0664. The van der Waals surface area contributed by atoms with Gasteiger partial charge in [-0.15, -0.1) is 0 Å². The molecule has 0 bridgehead atoms. The Morgan fingerprint density at radius 2 is 1.52 bits per heavy atom. The predicted molar refractivity (Wildman–Crippen MR) is 95.7 cm³/mol. The summed E-state index contributed by atoms with van der Waals surface area (Å²) in [5, 5.41) is 0.512. The van der Waals surface area contributed by atoms with Gasteiger partial charge in [0.05, 0.1) is 32.6 Å². The van der Waals surface area contributed by atoms with Crippen LogP contribution in [0.5, 0.6) is 0 Å². The highest BCUT2D eigenvalue weighted by atomic mass is 35.5. The zero-order valence-corrected chi connectivity index (χ0v) is 15.0. The van der Waals surface area contributed by atoms with Gasteiger partial charge in [-0.1, -0.05) is 35.3 Å². The number of anilines is 1. The van der Waals surface area contributed by atoms with Crippen molar-refractivity contribution in [3.8, 4) is 0 Å². The number of imide groups is 1. The first kappa shape index (κ1) is 17.7. The van der Waals surface area contributed by atoms with Crippen LogP contribution < -0.4 is 4.72 Å². The molecule has 0 unspecified atom stereocenters. The van der Waals surface area contributed by atoms with Crippen LogP contribution >= 0.6 is 23.2 Å². The van der Waals surface area contributed by atoms with Gasteiger partial charge in [0.15, 0.2) is 0 Å². The molecular formula is C16H12Cl2N2O4S. The van der Waals surface area contributed by atoms with E-state index in [9.17, 15) is 18.0 Å². The fourth-order valence-corrected chi connectivity index (χ4v) is 3.75. The third-order valence-corrected chi connectivity index (χ3v) is 5.66. The first-order valence-electron chi connectivity index (χ1n) is 7.19. The Labute approximate surface area is 154 Å². The fourth-order valence-electron chi connectivity index (χ4n) is 2.44. The van der Waals surface area contributed by atoms with Gasteiger partial charge < -0.3 is 0 Å². The smallest absolute Gasteiger partial charge is 0.261 e. The van der Waals surface area contributed by atoms with Crippen molar-refractivity contribution in [1.29, 1.82) is 0 Å². The van der Waals surface area contributed by atoms with Crippen molar-refractivity contribution >= 4 is 50.7 Å². The third-order valence-electron chi connectivity index (χ3n) is 3.65. The number of nitrogens with one attached hydrogen (secondary N) is 1. The normalized spacial score (nSPS) is 13.9. The Morgan fingerprint density at radius 3 is 2.08 bits per heavy atom. The monoisotopic (exact) mass is 398 g/mol. The van der Waals surface area contributed by atoms with Crippen LogP contribution in [0.1, 0.15) is 20.7 Å². The van der Waals surface area contributed by atoms with Gasteiger partial charge in [0.1, 0.15) is 0 Å². The van der Waals surface area contributed by atoms with E-state index in [1.54, 1.807) is 12.1 Å². The summed E-state index contributed by atoms with van der Waals surface area (Å²) in [4.78, 5) is 25.4. The summed E-state index contributed by atoms with van der Waals surface area (Å²) in [6.07, 6.45) is 0. The summed E-state index contributed by atoms with van der Waals surface area (Å²) < 4.78 is 26.7. The largest absolute Gasteiger partial charge is 0.283 e. The Kier molecular flexibility index (Phi) is 4.73. The lowest BCUT2D eigenvalue weighted by Crippen LogP contribution is -2.35. The lowest BCUT2D eigenvalue weighted by Gasteiger charge is -2.14. The molecule has 1 aliphatic heterocycles. The zero-order chi connectivity index (χ0) is 18.2. The highest BCUT2D eigenvalue weighted by molar-refractivity contribution is 7.92. The van der Waals surface area contributed by atoms with Gasteiger partial charge in [0.25, 0.3) is 11.8 Å². The number of carbonyl (C=O) groups excluding carboxylic acids is 2. The van der Waals surface area contributed by atoms with Gasteiger partial charge in [-0.25, -0.2) is 8.42 Å². The summed E-state index contributed by atoms with van der Waals surface area (Å²) >= 11 is 11.6. The van der Waals surface area contributed by atoms with Gasteiger partial charge in [0.2, 0.25) is 10.0 Å². The molecule has 0 radical (unpaired) electrons. The quantitative estimate of drug-likeness (QED) is 0.784. The standard InChI is InChI=1S/C16H12Cl2N2O4S/c17-13-6-5-10(9-14(13)18)19-25(23,24)8-7-20-15(21)11-3-1-2-4-12(11)16(20)22/h1-6,9,19H,7-8H2. The number of amides is 2. The Bertz CT molecular complexity index is 941. The second-order valence-electron chi connectivity index (χ2n) is 5.36. The minimum Gasteiger partial charge on any atom is -0.283 e. The fraction of sp³-hybridized carbons (Fsp3) is 0.125. The van der Waals surface area contributed by atoms with Gasteiger partial charge in [-0.2, -0.15) is 0 Å². The topological polar surface area (TPSA) is 83.6 Å². The molecule has 1 heterocycles. The van der Waals surface area contributed by atoms with Crippen LogP contribution in [-0.2, 0) is 10.0 Å². The maximum atomic E-state index is 12.2. The van der Waals surface area contributed by atoms with Crippen LogP contribution in [0.3, 0.4) is 0 Å². The Balaban J connectivity index is 1.70. The minimum absolute atomic E-state index is 0.210. The highest BCUT2D eigenvalue weighted by Crippen LogP contribution is 2.26. The molecule has 3 rings (SSSR count). The van der Waals surface area contributed by atoms with E-state index < -0.39 is 27.6 Å². The summed E-state index contributed by atoms with van der Waals surface area (Å²) in [5.74, 6) is -1.42. The number of sulfonamides is 1. The third kappa shape index (κ3) is 3.63. The number of nitrogens with zero attached hydrogens (tertiary/aromatic N) is 1. The van der Waals surface area contributed by atoms with E-state index in [4.69, 9.17) is 23.2 Å². The molecule has 9 heteroatoms. The second kappa shape index (κ2) is 6.67. The Morgan fingerprint density at radius 1 is 0.920 bits per heavy atom. The summed E-state index contributed by atoms with van der Waals surface area (Å²) in [7, 11) is -3.78. The number of hydrogen-bond acceptors (Lipinski definition) is 4. The molecule has 0 saturated carbocycles. The number of fused-ring (bicyclic) bond motifs is 1. The van der Waals surface area contributed by atoms with Crippen LogP contribution in [0.15, 0.2) is 42.5 Å². The molecule has 2 aromatic carbocycles. The molecule has 1 N–H and O–H groups in total.